The second-order valence-corrected chi connectivity index (χ2v) is 4.28. The molecule has 1 amide bonds. The van der Waals surface area contributed by atoms with Crippen molar-refractivity contribution in [2.75, 3.05) is 4.90 Å². The summed E-state index contributed by atoms with van der Waals surface area (Å²) in [5.41, 5.74) is 18.0. The molecule has 1 aromatic carbocycles. The Morgan fingerprint density at radius 2 is 1.94 bits per heavy atom. The van der Waals surface area contributed by atoms with Gasteiger partial charge in [-0.25, -0.2) is 15.8 Å². The van der Waals surface area contributed by atoms with Crippen LogP contribution in [0.4, 0.5) is 5.69 Å². The molecule has 1 fully saturated rings. The third-order valence-electron chi connectivity index (χ3n) is 3.15. The van der Waals surface area contributed by atoms with E-state index in [0.29, 0.717) is 5.69 Å². The van der Waals surface area contributed by atoms with E-state index in [1.165, 1.54) is 4.90 Å². The first-order valence-electron chi connectivity index (χ1n) is 5.67. The molecule has 1 saturated heterocycles. The van der Waals surface area contributed by atoms with Crippen LogP contribution in [0.2, 0.25) is 0 Å². The quantitative estimate of drug-likeness (QED) is 0.491. The molecule has 0 aromatic heterocycles. The van der Waals surface area contributed by atoms with E-state index in [1.54, 1.807) is 0 Å². The molecule has 2 heterocycles. The minimum atomic E-state index is -0.467. The third-order valence-corrected chi connectivity index (χ3v) is 3.15. The molecule has 3 unspecified atom stereocenters. The SMILES string of the molecule is NC1=NC2NNC(N)C2C(=O)N1c1ccccc1. The number of nitrogens with one attached hydrogen (secondary N) is 2. The van der Waals surface area contributed by atoms with Gasteiger partial charge >= 0.3 is 0 Å². The monoisotopic (exact) mass is 246 g/mol. The topological polar surface area (TPSA) is 109 Å². The number of nitrogens with two attached hydrogens (primary N) is 2. The standard InChI is InChI=1S/C11H14N6O/c12-8-7-9(16-15-8)14-11(13)17(10(7)18)6-4-2-1-3-5-6/h1-5,7-9,15-16H,12H2,(H2,13,14). The Morgan fingerprint density at radius 1 is 1.22 bits per heavy atom. The Hall–Kier alpha value is -1.96. The predicted octanol–water partition coefficient (Wildman–Crippen LogP) is -1.32. The molecule has 0 aliphatic carbocycles. The molecule has 6 N–H and O–H groups in total. The summed E-state index contributed by atoms with van der Waals surface area (Å²) in [4.78, 5) is 18.1. The van der Waals surface area contributed by atoms with Crippen molar-refractivity contribution in [1.29, 1.82) is 0 Å². The molecule has 18 heavy (non-hydrogen) atoms. The molecular formula is C11H14N6O. The van der Waals surface area contributed by atoms with Crippen molar-refractivity contribution >= 4 is 17.6 Å². The van der Waals surface area contributed by atoms with Crippen molar-refractivity contribution in [2.24, 2.45) is 22.4 Å². The van der Waals surface area contributed by atoms with Crippen molar-refractivity contribution in [3.63, 3.8) is 0 Å². The van der Waals surface area contributed by atoms with Crippen LogP contribution in [-0.4, -0.2) is 24.2 Å². The summed E-state index contributed by atoms with van der Waals surface area (Å²) in [5, 5.41) is 0. The van der Waals surface area contributed by atoms with Crippen LogP contribution < -0.4 is 27.2 Å². The zero-order valence-corrected chi connectivity index (χ0v) is 9.58. The number of anilines is 1. The van der Waals surface area contributed by atoms with Crippen molar-refractivity contribution < 1.29 is 4.79 Å². The smallest absolute Gasteiger partial charge is 0.243 e. The molecule has 0 spiro atoms. The van der Waals surface area contributed by atoms with Gasteiger partial charge in [-0.3, -0.25) is 9.69 Å². The molecule has 3 atom stereocenters. The van der Waals surface area contributed by atoms with Crippen molar-refractivity contribution in [1.82, 2.24) is 10.9 Å². The lowest BCUT2D eigenvalue weighted by Crippen LogP contribution is -2.55. The second-order valence-electron chi connectivity index (χ2n) is 4.28. The van der Waals surface area contributed by atoms with Crippen LogP contribution in [0.5, 0.6) is 0 Å². The van der Waals surface area contributed by atoms with Gasteiger partial charge < -0.3 is 11.5 Å². The molecule has 2 aliphatic heterocycles. The molecule has 2 aliphatic rings. The van der Waals surface area contributed by atoms with E-state index >= 15 is 0 Å². The summed E-state index contributed by atoms with van der Waals surface area (Å²) in [6.45, 7) is 0. The first-order chi connectivity index (χ1) is 8.68. The lowest BCUT2D eigenvalue weighted by Gasteiger charge is -2.31. The number of aliphatic imine (C=N–C) groups is 1. The van der Waals surface area contributed by atoms with Gasteiger partial charge in [-0.05, 0) is 12.1 Å². The van der Waals surface area contributed by atoms with Gasteiger partial charge in [0, 0.05) is 0 Å². The average Bonchev–Trinajstić information content (AvgIpc) is 2.72. The van der Waals surface area contributed by atoms with Gasteiger partial charge in [-0.15, -0.1) is 0 Å². The largest absolute Gasteiger partial charge is 0.369 e. The molecule has 3 rings (SSSR count). The number of rotatable bonds is 1. The number of nitrogens with zero attached hydrogens (tertiary/aromatic N) is 2. The number of fused-ring (bicyclic) bond motifs is 1. The van der Waals surface area contributed by atoms with Crippen LogP contribution in [0, 0.1) is 5.92 Å². The Bertz CT molecular complexity index is 502. The first-order valence-corrected chi connectivity index (χ1v) is 5.67. The number of hydrogen-bond donors (Lipinski definition) is 4. The molecule has 7 nitrogen and oxygen atoms in total. The number of benzene rings is 1. The van der Waals surface area contributed by atoms with Crippen LogP contribution in [0.1, 0.15) is 0 Å². The van der Waals surface area contributed by atoms with Crippen molar-refractivity contribution in [2.45, 2.75) is 12.3 Å². The van der Waals surface area contributed by atoms with E-state index in [0.717, 1.165) is 0 Å². The van der Waals surface area contributed by atoms with E-state index < -0.39 is 18.2 Å². The Kier molecular flexibility index (Phi) is 2.51. The minimum absolute atomic E-state index is 0.149. The summed E-state index contributed by atoms with van der Waals surface area (Å²) in [7, 11) is 0. The number of hydrogen-bond acceptors (Lipinski definition) is 6. The van der Waals surface area contributed by atoms with E-state index in [-0.39, 0.29) is 11.9 Å². The number of para-hydroxylation sites is 1. The van der Waals surface area contributed by atoms with E-state index in [1.807, 2.05) is 30.3 Å². The minimum Gasteiger partial charge on any atom is -0.369 e. The number of carbonyl (C=O) groups excluding carboxylic acids is 1. The second kappa shape index (κ2) is 4.05. The van der Waals surface area contributed by atoms with Crippen LogP contribution in [0.3, 0.4) is 0 Å². The lowest BCUT2D eigenvalue weighted by atomic mass is 10.0. The summed E-state index contributed by atoms with van der Waals surface area (Å²) in [6.07, 6.45) is -0.863. The number of guanidine groups is 1. The summed E-state index contributed by atoms with van der Waals surface area (Å²) in [6, 6.07) is 9.17. The average molecular weight is 246 g/mol. The van der Waals surface area contributed by atoms with Crippen LogP contribution in [-0.2, 0) is 4.79 Å². The number of carbonyl (C=O) groups is 1. The van der Waals surface area contributed by atoms with Gasteiger partial charge in [0.25, 0.3) is 0 Å². The molecule has 7 heteroatoms. The van der Waals surface area contributed by atoms with Crippen LogP contribution >= 0.6 is 0 Å². The number of amides is 1. The highest BCUT2D eigenvalue weighted by Crippen LogP contribution is 2.25. The van der Waals surface area contributed by atoms with Gasteiger partial charge in [-0.2, -0.15) is 0 Å². The highest BCUT2D eigenvalue weighted by atomic mass is 16.2. The fourth-order valence-electron chi connectivity index (χ4n) is 2.26. The summed E-state index contributed by atoms with van der Waals surface area (Å²) in [5.74, 6) is -0.419. The maximum absolute atomic E-state index is 12.4. The third kappa shape index (κ3) is 1.57. The van der Waals surface area contributed by atoms with E-state index in [9.17, 15) is 4.79 Å². The van der Waals surface area contributed by atoms with Gasteiger partial charge in [0.05, 0.1) is 11.9 Å². The van der Waals surface area contributed by atoms with Gasteiger partial charge in [-0.1, -0.05) is 18.2 Å². The molecule has 0 saturated carbocycles. The first kappa shape index (κ1) is 11.1. The zero-order chi connectivity index (χ0) is 12.7. The Balaban J connectivity index is 2.01. The van der Waals surface area contributed by atoms with Gasteiger partial charge in [0.2, 0.25) is 11.9 Å². The fourth-order valence-corrected chi connectivity index (χ4v) is 2.26. The molecular weight excluding hydrogens is 232 g/mol. The lowest BCUT2D eigenvalue weighted by molar-refractivity contribution is -0.122. The molecule has 0 bridgehead atoms. The maximum atomic E-state index is 12.4. The summed E-state index contributed by atoms with van der Waals surface area (Å²) >= 11 is 0. The predicted molar refractivity (Wildman–Crippen MR) is 67.1 cm³/mol. The summed E-state index contributed by atoms with van der Waals surface area (Å²) < 4.78 is 0. The molecule has 94 valence electrons. The highest BCUT2D eigenvalue weighted by molar-refractivity contribution is 6.18. The van der Waals surface area contributed by atoms with Crippen molar-refractivity contribution in [3.8, 4) is 0 Å². The molecule has 1 aromatic rings. The van der Waals surface area contributed by atoms with Gasteiger partial charge in [0.1, 0.15) is 12.1 Å². The number of hydrazine groups is 1. The van der Waals surface area contributed by atoms with Crippen molar-refractivity contribution in [3.05, 3.63) is 30.3 Å². The fraction of sp³-hybridized carbons (Fsp3) is 0.273. The zero-order valence-electron chi connectivity index (χ0n) is 9.58. The normalized spacial score (nSPS) is 31.2. The Labute approximate surface area is 104 Å². The van der Waals surface area contributed by atoms with Gasteiger partial charge in [0.15, 0.2) is 0 Å². The maximum Gasteiger partial charge on any atom is 0.243 e. The highest BCUT2D eigenvalue weighted by Gasteiger charge is 2.45. The van der Waals surface area contributed by atoms with Crippen LogP contribution in [0.25, 0.3) is 0 Å². The Morgan fingerprint density at radius 3 is 2.67 bits per heavy atom. The van der Waals surface area contributed by atoms with E-state index in [2.05, 4.69) is 15.8 Å². The van der Waals surface area contributed by atoms with E-state index in [4.69, 9.17) is 11.5 Å². The molecule has 0 radical (unpaired) electrons. The van der Waals surface area contributed by atoms with Crippen LogP contribution in [0.15, 0.2) is 35.3 Å².